The van der Waals surface area contributed by atoms with Crippen molar-refractivity contribution in [2.45, 2.75) is 38.1 Å². The molecule has 6 heteroatoms. The molecule has 0 bridgehead atoms. The summed E-state index contributed by atoms with van der Waals surface area (Å²) in [5.41, 5.74) is 4.53. The summed E-state index contributed by atoms with van der Waals surface area (Å²) in [5.74, 6) is -0.00832. The van der Waals surface area contributed by atoms with Gasteiger partial charge in [0.25, 0.3) is 0 Å². The smallest absolute Gasteiger partial charge is 0.147 e. The third-order valence-electron chi connectivity index (χ3n) is 6.37. The number of aliphatic hydroxyl groups excluding tert-OH is 1. The molecule has 1 aliphatic heterocycles. The van der Waals surface area contributed by atoms with Gasteiger partial charge in [-0.25, -0.2) is 8.78 Å². The van der Waals surface area contributed by atoms with Crippen molar-refractivity contribution in [3.05, 3.63) is 72.3 Å². The molecule has 2 aromatic carbocycles. The van der Waals surface area contributed by atoms with E-state index in [9.17, 15) is 8.78 Å². The Morgan fingerprint density at radius 3 is 2.36 bits per heavy atom. The van der Waals surface area contributed by atoms with Gasteiger partial charge in [0, 0.05) is 31.1 Å². The Morgan fingerprint density at radius 2 is 1.82 bits per heavy atom. The van der Waals surface area contributed by atoms with Crippen molar-refractivity contribution < 1.29 is 13.9 Å². The molecule has 33 heavy (non-hydrogen) atoms. The number of fused-ring (bicyclic) bond motifs is 1. The maximum absolute atomic E-state index is 14.3. The van der Waals surface area contributed by atoms with Crippen molar-refractivity contribution in [2.75, 3.05) is 33.3 Å². The SMILES string of the molecule is C=C.CN1CCNC(CO)C1.Cc1cc(F)c2[nH]c(-c3ccc(F)cc3)c(C3CCC3)c2c1. The van der Waals surface area contributed by atoms with Gasteiger partial charge < -0.3 is 20.3 Å². The summed E-state index contributed by atoms with van der Waals surface area (Å²) in [5, 5.41) is 12.9. The first-order valence-corrected chi connectivity index (χ1v) is 11.6. The van der Waals surface area contributed by atoms with Crippen LogP contribution in [0.25, 0.3) is 22.2 Å². The van der Waals surface area contributed by atoms with Crippen LogP contribution in [0.2, 0.25) is 0 Å². The Hall–Kier alpha value is -2.54. The second kappa shape index (κ2) is 11.5. The van der Waals surface area contributed by atoms with E-state index in [1.807, 2.05) is 6.92 Å². The van der Waals surface area contributed by atoms with Crippen molar-refractivity contribution in [2.24, 2.45) is 0 Å². The molecule has 178 valence electrons. The Balaban J connectivity index is 0.000000234. The largest absolute Gasteiger partial charge is 0.395 e. The minimum Gasteiger partial charge on any atom is -0.395 e. The Kier molecular flexibility index (Phi) is 8.78. The molecular formula is C27H35F2N3O. The quantitative estimate of drug-likeness (QED) is 0.465. The Bertz CT molecular complexity index is 1040. The molecule has 0 radical (unpaired) electrons. The standard InChI is InChI=1S/C19H17F2N.C6H14N2O.C2H4/c1-11-9-15-17(12-3-2-4-12)18(22-19(15)16(21)10-11)13-5-7-14(20)8-6-13;1-8-3-2-7-6(4-8)5-9;1-2/h5-10,12,22H,2-4H2,1H3;6-7,9H,2-5H2,1H3;1-2H2. The van der Waals surface area contributed by atoms with Crippen molar-refractivity contribution in [3.8, 4) is 11.3 Å². The number of benzene rings is 2. The van der Waals surface area contributed by atoms with Gasteiger partial charge >= 0.3 is 0 Å². The van der Waals surface area contributed by atoms with Crippen molar-refractivity contribution in [3.63, 3.8) is 0 Å². The molecule has 0 spiro atoms. The van der Waals surface area contributed by atoms with Crippen LogP contribution in [0, 0.1) is 18.6 Å². The normalized spacial score (nSPS) is 18.6. The molecule has 1 aliphatic carbocycles. The van der Waals surface area contributed by atoms with Crippen LogP contribution in [0.5, 0.6) is 0 Å². The maximum atomic E-state index is 14.3. The fraction of sp³-hybridized carbons (Fsp3) is 0.407. The van der Waals surface area contributed by atoms with Gasteiger partial charge in [0.15, 0.2) is 0 Å². The van der Waals surface area contributed by atoms with Crippen LogP contribution >= 0.6 is 0 Å². The van der Waals surface area contributed by atoms with E-state index in [-0.39, 0.29) is 18.2 Å². The van der Waals surface area contributed by atoms with E-state index < -0.39 is 0 Å². The van der Waals surface area contributed by atoms with E-state index in [1.165, 1.54) is 24.1 Å². The summed E-state index contributed by atoms with van der Waals surface area (Å²) in [6.07, 6.45) is 3.49. The first kappa shape index (κ1) is 25.1. The zero-order chi connectivity index (χ0) is 24.0. The third-order valence-corrected chi connectivity index (χ3v) is 6.37. The number of piperazine rings is 1. The molecule has 1 saturated heterocycles. The van der Waals surface area contributed by atoms with E-state index >= 15 is 0 Å². The lowest BCUT2D eigenvalue weighted by molar-refractivity contribution is 0.168. The van der Waals surface area contributed by atoms with Gasteiger partial charge in [-0.3, -0.25) is 0 Å². The summed E-state index contributed by atoms with van der Waals surface area (Å²) in [7, 11) is 2.07. The van der Waals surface area contributed by atoms with Crippen LogP contribution < -0.4 is 5.32 Å². The number of likely N-dealkylation sites (N-methyl/N-ethyl adjacent to an activating group) is 1. The lowest BCUT2D eigenvalue weighted by Gasteiger charge is -2.29. The van der Waals surface area contributed by atoms with Crippen LogP contribution in [0.1, 0.15) is 36.3 Å². The number of hydrogen-bond donors (Lipinski definition) is 3. The lowest BCUT2D eigenvalue weighted by atomic mass is 9.78. The Labute approximate surface area is 195 Å². The van der Waals surface area contributed by atoms with Crippen LogP contribution in [0.4, 0.5) is 8.78 Å². The summed E-state index contributed by atoms with van der Waals surface area (Å²) in [6.45, 7) is 11.2. The molecule has 1 saturated carbocycles. The van der Waals surface area contributed by atoms with Gasteiger partial charge in [-0.05, 0) is 85.8 Å². The second-order valence-corrected chi connectivity index (χ2v) is 8.81. The number of aliphatic hydroxyl groups is 1. The molecule has 0 amide bonds. The minimum absolute atomic E-state index is 0.219. The number of halogens is 2. The highest BCUT2D eigenvalue weighted by Gasteiger charge is 2.27. The molecule has 1 atom stereocenters. The highest BCUT2D eigenvalue weighted by atomic mass is 19.1. The monoisotopic (exact) mass is 455 g/mol. The summed E-state index contributed by atoms with van der Waals surface area (Å²) in [6, 6.07) is 10.3. The topological polar surface area (TPSA) is 51.3 Å². The van der Waals surface area contributed by atoms with Crippen LogP contribution in [0.15, 0.2) is 49.6 Å². The fourth-order valence-electron chi connectivity index (χ4n) is 4.49. The molecule has 2 heterocycles. The van der Waals surface area contributed by atoms with Gasteiger partial charge in [-0.1, -0.05) is 6.42 Å². The predicted octanol–water partition coefficient (Wildman–Crippen LogP) is 5.37. The average Bonchev–Trinajstić information content (AvgIpc) is 3.14. The Morgan fingerprint density at radius 1 is 1.12 bits per heavy atom. The van der Waals surface area contributed by atoms with Crippen LogP contribution in [-0.2, 0) is 0 Å². The lowest BCUT2D eigenvalue weighted by Crippen LogP contribution is -2.50. The molecular weight excluding hydrogens is 420 g/mol. The molecule has 1 aromatic heterocycles. The molecule has 5 rings (SSSR count). The number of H-pyrrole nitrogens is 1. The van der Waals surface area contributed by atoms with E-state index in [2.05, 4.69) is 41.5 Å². The minimum atomic E-state index is -0.257. The molecule has 2 fully saturated rings. The van der Waals surface area contributed by atoms with E-state index in [0.717, 1.165) is 54.7 Å². The van der Waals surface area contributed by atoms with Gasteiger partial charge in [0.2, 0.25) is 0 Å². The fourth-order valence-corrected chi connectivity index (χ4v) is 4.49. The average molecular weight is 456 g/mol. The third kappa shape index (κ3) is 5.88. The van der Waals surface area contributed by atoms with Gasteiger partial charge in [0.05, 0.1) is 17.8 Å². The predicted molar refractivity (Wildman–Crippen MR) is 133 cm³/mol. The number of nitrogens with zero attached hydrogens (tertiary/aromatic N) is 1. The molecule has 1 unspecified atom stereocenters. The summed E-state index contributed by atoms with van der Waals surface area (Å²) < 4.78 is 27.5. The number of aromatic amines is 1. The number of nitrogens with one attached hydrogen (secondary N) is 2. The molecule has 3 aromatic rings. The summed E-state index contributed by atoms with van der Waals surface area (Å²) >= 11 is 0. The number of aromatic nitrogens is 1. The zero-order valence-corrected chi connectivity index (χ0v) is 19.6. The number of aryl methyl sites for hydroxylation is 1. The van der Waals surface area contributed by atoms with Gasteiger partial charge in [-0.15, -0.1) is 13.2 Å². The van der Waals surface area contributed by atoms with Gasteiger partial charge in [0.1, 0.15) is 11.6 Å². The second-order valence-electron chi connectivity index (χ2n) is 8.81. The van der Waals surface area contributed by atoms with Crippen molar-refractivity contribution >= 4 is 10.9 Å². The van der Waals surface area contributed by atoms with Crippen LogP contribution in [-0.4, -0.2) is 54.3 Å². The van der Waals surface area contributed by atoms with Crippen molar-refractivity contribution in [1.82, 2.24) is 15.2 Å². The van der Waals surface area contributed by atoms with E-state index in [0.29, 0.717) is 17.5 Å². The van der Waals surface area contributed by atoms with Gasteiger partial charge in [-0.2, -0.15) is 0 Å². The molecule has 2 aliphatic rings. The zero-order valence-electron chi connectivity index (χ0n) is 19.6. The molecule has 4 nitrogen and oxygen atoms in total. The van der Waals surface area contributed by atoms with Crippen molar-refractivity contribution in [1.29, 1.82) is 0 Å². The maximum Gasteiger partial charge on any atom is 0.147 e. The molecule has 3 N–H and O–H groups in total. The van der Waals surface area contributed by atoms with E-state index in [4.69, 9.17) is 5.11 Å². The number of hydrogen-bond acceptors (Lipinski definition) is 3. The first-order valence-electron chi connectivity index (χ1n) is 11.6. The first-order chi connectivity index (χ1) is 16.0. The summed E-state index contributed by atoms with van der Waals surface area (Å²) in [4.78, 5) is 5.47. The number of rotatable bonds is 3. The highest BCUT2D eigenvalue weighted by molar-refractivity contribution is 5.92. The van der Waals surface area contributed by atoms with E-state index in [1.54, 1.807) is 18.2 Å². The highest BCUT2D eigenvalue weighted by Crippen LogP contribution is 2.45. The van der Waals surface area contributed by atoms with Crippen LogP contribution in [0.3, 0.4) is 0 Å².